The summed E-state index contributed by atoms with van der Waals surface area (Å²) in [5, 5.41) is 8.57. The van der Waals surface area contributed by atoms with Gasteiger partial charge in [-0.15, -0.1) is 0 Å². The fraction of sp³-hybridized carbons (Fsp3) is 0.125. The predicted octanol–water partition coefficient (Wildman–Crippen LogP) is 0.777. The van der Waals surface area contributed by atoms with E-state index in [9.17, 15) is 4.79 Å². The van der Waals surface area contributed by atoms with Crippen LogP contribution in [0.1, 0.15) is 15.9 Å². The summed E-state index contributed by atoms with van der Waals surface area (Å²) < 4.78 is 0. The van der Waals surface area contributed by atoms with Crippen molar-refractivity contribution in [2.75, 3.05) is 0 Å². The Kier molecular flexibility index (Phi) is 4.32. The molecule has 3 heteroatoms. The molecule has 0 bridgehead atoms. The van der Waals surface area contributed by atoms with Gasteiger partial charge in [0.1, 0.15) is 0 Å². The van der Waals surface area contributed by atoms with E-state index in [2.05, 4.69) is 0 Å². The van der Waals surface area contributed by atoms with Crippen molar-refractivity contribution in [2.45, 2.75) is 6.92 Å². The second-order valence-corrected chi connectivity index (χ2v) is 2.12. The molecule has 0 aliphatic heterocycles. The summed E-state index contributed by atoms with van der Waals surface area (Å²) in [6.07, 6.45) is 0. The molecule has 0 aromatic heterocycles. The molecule has 0 amide bonds. The van der Waals surface area contributed by atoms with E-state index in [-0.39, 0.29) is 27.3 Å². The second kappa shape index (κ2) is 4.48. The van der Waals surface area contributed by atoms with Gasteiger partial charge in [-0.2, -0.15) is 0 Å². The zero-order valence-electron chi connectivity index (χ0n) is 6.37. The number of carboxylic acids is 1. The molecule has 0 aliphatic rings. The number of aromatic carboxylic acids is 1. The fourth-order valence-corrected chi connectivity index (χ4v) is 0.813. The zero-order valence-corrected chi connectivity index (χ0v) is 11.9. The Balaban J connectivity index is 0.000001000. The zero-order chi connectivity index (χ0) is 7.56. The summed E-state index contributed by atoms with van der Waals surface area (Å²) in [6, 6.07) is 6.92. The van der Waals surface area contributed by atoms with Crippen molar-refractivity contribution in [2.24, 2.45) is 0 Å². The first-order valence-corrected chi connectivity index (χ1v) is 3.01. The summed E-state index contributed by atoms with van der Waals surface area (Å²) in [7, 11) is 0. The molecule has 0 saturated carbocycles. The standard InChI is InChI=1S/C8H8O2.Pb.2H/c1-6-4-2-3-5-7(6)8(9)10;;;/h2-5H,1H3,(H,9,10);;;. The van der Waals surface area contributed by atoms with Crippen LogP contribution in [0.4, 0.5) is 0 Å². The molecule has 58 valence electrons. The van der Waals surface area contributed by atoms with Gasteiger partial charge >= 0.3 is 33.3 Å². The quantitative estimate of drug-likeness (QED) is 0.764. The van der Waals surface area contributed by atoms with Gasteiger partial charge in [-0.1, -0.05) is 18.2 Å². The normalized spacial score (nSPS) is 8.45. The van der Waals surface area contributed by atoms with Crippen LogP contribution in [0.2, 0.25) is 0 Å². The summed E-state index contributed by atoms with van der Waals surface area (Å²) in [6.45, 7) is 1.78. The number of hydrogen-bond acceptors (Lipinski definition) is 1. The van der Waals surface area contributed by atoms with Gasteiger partial charge in [0.2, 0.25) is 0 Å². The second-order valence-electron chi connectivity index (χ2n) is 2.12. The molecule has 1 aromatic rings. The Morgan fingerprint density at radius 2 is 1.91 bits per heavy atom. The van der Waals surface area contributed by atoms with Crippen LogP contribution in [-0.4, -0.2) is 38.4 Å². The summed E-state index contributed by atoms with van der Waals surface area (Å²) >= 11 is 0. The maximum absolute atomic E-state index is 10.4. The molecule has 0 saturated heterocycles. The first-order chi connectivity index (χ1) is 4.72. The van der Waals surface area contributed by atoms with Gasteiger partial charge in [0.05, 0.1) is 5.56 Å². The predicted molar refractivity (Wildman–Crippen MR) is 46.7 cm³/mol. The number of aryl methyl sites for hydroxylation is 1. The van der Waals surface area contributed by atoms with Crippen molar-refractivity contribution in [1.82, 2.24) is 0 Å². The Bertz CT molecular complexity index is 258. The van der Waals surface area contributed by atoms with Gasteiger partial charge in [0.15, 0.2) is 0 Å². The third-order valence-corrected chi connectivity index (χ3v) is 1.38. The summed E-state index contributed by atoms with van der Waals surface area (Å²) in [5.41, 5.74) is 1.18. The number of carbonyl (C=O) groups is 1. The van der Waals surface area contributed by atoms with Crippen LogP contribution in [0.25, 0.3) is 0 Å². The van der Waals surface area contributed by atoms with Crippen LogP contribution in [0.5, 0.6) is 0 Å². The van der Waals surface area contributed by atoms with Crippen LogP contribution in [-0.2, 0) is 0 Å². The number of hydrogen-bond donors (Lipinski definition) is 1. The molecule has 0 unspecified atom stereocenters. The van der Waals surface area contributed by atoms with Gasteiger partial charge in [-0.05, 0) is 18.6 Å². The monoisotopic (exact) mass is 346 g/mol. The molecule has 0 heterocycles. The molecule has 0 aliphatic carbocycles. The summed E-state index contributed by atoms with van der Waals surface area (Å²) in [5.74, 6) is -0.863. The van der Waals surface area contributed by atoms with Crippen LogP contribution in [0.15, 0.2) is 24.3 Å². The minimum atomic E-state index is -0.863. The average Bonchev–Trinajstić information content (AvgIpc) is 1.88. The van der Waals surface area contributed by atoms with E-state index in [0.29, 0.717) is 5.56 Å². The van der Waals surface area contributed by atoms with E-state index in [1.807, 2.05) is 6.07 Å². The van der Waals surface area contributed by atoms with E-state index in [1.165, 1.54) is 0 Å². The van der Waals surface area contributed by atoms with Crippen molar-refractivity contribution >= 4 is 33.3 Å². The van der Waals surface area contributed by atoms with Crippen molar-refractivity contribution in [1.29, 1.82) is 0 Å². The van der Waals surface area contributed by atoms with Gasteiger partial charge in [0, 0.05) is 0 Å². The Labute approximate surface area is 85.4 Å². The maximum atomic E-state index is 10.4. The average molecular weight is 345 g/mol. The third kappa shape index (κ3) is 2.61. The van der Waals surface area contributed by atoms with Crippen molar-refractivity contribution in [3.8, 4) is 0 Å². The molecular formula is C8H10O2Pb. The van der Waals surface area contributed by atoms with Crippen LogP contribution < -0.4 is 0 Å². The molecule has 1 N–H and O–H groups in total. The van der Waals surface area contributed by atoms with E-state index in [1.54, 1.807) is 25.1 Å². The number of carboxylic acid groups (broad SMARTS) is 1. The molecule has 2 nitrogen and oxygen atoms in total. The van der Waals surface area contributed by atoms with Crippen LogP contribution in [0, 0.1) is 6.92 Å². The first-order valence-electron chi connectivity index (χ1n) is 3.01. The van der Waals surface area contributed by atoms with Crippen molar-refractivity contribution in [3.05, 3.63) is 35.4 Å². The van der Waals surface area contributed by atoms with Crippen molar-refractivity contribution < 1.29 is 9.90 Å². The Hall–Kier alpha value is -0.388. The Morgan fingerprint density at radius 3 is 2.27 bits per heavy atom. The number of rotatable bonds is 1. The molecule has 0 atom stereocenters. The number of benzene rings is 1. The third-order valence-electron chi connectivity index (χ3n) is 1.38. The molecular weight excluding hydrogens is 335 g/mol. The van der Waals surface area contributed by atoms with E-state index in [4.69, 9.17) is 5.11 Å². The topological polar surface area (TPSA) is 37.3 Å². The van der Waals surface area contributed by atoms with E-state index < -0.39 is 5.97 Å². The van der Waals surface area contributed by atoms with E-state index >= 15 is 0 Å². The van der Waals surface area contributed by atoms with Crippen LogP contribution >= 0.6 is 0 Å². The van der Waals surface area contributed by atoms with Gasteiger partial charge in [-0.25, -0.2) is 4.79 Å². The SMILES string of the molecule is Cc1ccccc1C(=O)O.[PbH2]. The first kappa shape index (κ1) is 10.6. The van der Waals surface area contributed by atoms with Crippen LogP contribution in [0.3, 0.4) is 0 Å². The molecule has 2 radical (unpaired) electrons. The van der Waals surface area contributed by atoms with Gasteiger partial charge < -0.3 is 5.11 Å². The van der Waals surface area contributed by atoms with Crippen molar-refractivity contribution in [3.63, 3.8) is 0 Å². The van der Waals surface area contributed by atoms with Gasteiger partial charge in [0.25, 0.3) is 0 Å². The van der Waals surface area contributed by atoms with E-state index in [0.717, 1.165) is 5.56 Å². The fourth-order valence-electron chi connectivity index (χ4n) is 0.813. The molecule has 0 spiro atoms. The summed E-state index contributed by atoms with van der Waals surface area (Å²) in [4.78, 5) is 10.4. The Morgan fingerprint density at radius 1 is 1.36 bits per heavy atom. The molecule has 1 rings (SSSR count). The molecule has 1 aromatic carbocycles. The minimum absolute atomic E-state index is 0. The molecule has 0 fully saturated rings. The van der Waals surface area contributed by atoms with Gasteiger partial charge in [-0.3, -0.25) is 0 Å². The molecule has 11 heavy (non-hydrogen) atoms.